The minimum absolute atomic E-state index is 0.237. The van der Waals surface area contributed by atoms with Gasteiger partial charge in [-0.15, -0.1) is 0 Å². The van der Waals surface area contributed by atoms with Crippen molar-refractivity contribution in [3.63, 3.8) is 0 Å². The van der Waals surface area contributed by atoms with Crippen LogP contribution < -0.4 is 0 Å². The Morgan fingerprint density at radius 2 is 1.61 bits per heavy atom. The van der Waals surface area contributed by atoms with Crippen molar-refractivity contribution in [2.24, 2.45) is 0 Å². The van der Waals surface area contributed by atoms with Crippen molar-refractivity contribution >= 4 is 5.97 Å². The zero-order chi connectivity index (χ0) is 13.2. The molecule has 1 rings (SSSR count). The van der Waals surface area contributed by atoms with Crippen LogP contribution in [-0.4, -0.2) is 35.1 Å². The highest BCUT2D eigenvalue weighted by Crippen LogP contribution is 2.26. The molecule has 0 bridgehead atoms. The normalized spacial score (nSPS) is 15.2. The van der Waals surface area contributed by atoms with E-state index in [1.165, 1.54) is 57.8 Å². The lowest BCUT2D eigenvalue weighted by Crippen LogP contribution is -2.32. The maximum absolute atomic E-state index is 10.7. The van der Waals surface area contributed by atoms with E-state index in [4.69, 9.17) is 5.11 Å². The van der Waals surface area contributed by atoms with Gasteiger partial charge >= 0.3 is 5.97 Å². The van der Waals surface area contributed by atoms with E-state index >= 15 is 0 Å². The van der Waals surface area contributed by atoms with Gasteiger partial charge < -0.3 is 5.11 Å². The highest BCUT2D eigenvalue weighted by molar-refractivity contribution is 5.69. The number of hydrogen-bond donors (Lipinski definition) is 1. The van der Waals surface area contributed by atoms with E-state index in [1.807, 2.05) is 0 Å². The number of carboxylic acid groups (broad SMARTS) is 1. The first-order chi connectivity index (χ1) is 8.74. The summed E-state index contributed by atoms with van der Waals surface area (Å²) < 4.78 is 0. The van der Waals surface area contributed by atoms with Crippen LogP contribution in [0, 0.1) is 0 Å². The van der Waals surface area contributed by atoms with Gasteiger partial charge in [-0.2, -0.15) is 0 Å². The molecule has 0 aromatic heterocycles. The Hall–Kier alpha value is -0.570. The molecule has 1 saturated carbocycles. The molecule has 0 spiro atoms. The third-order valence-electron chi connectivity index (χ3n) is 3.70. The summed E-state index contributed by atoms with van der Waals surface area (Å²) in [7, 11) is 0. The fourth-order valence-corrected chi connectivity index (χ4v) is 2.45. The molecule has 0 heterocycles. The van der Waals surface area contributed by atoms with Crippen LogP contribution in [0.1, 0.15) is 71.1 Å². The van der Waals surface area contributed by atoms with Crippen LogP contribution in [0.3, 0.4) is 0 Å². The molecule has 0 amide bonds. The third kappa shape index (κ3) is 7.70. The van der Waals surface area contributed by atoms with E-state index in [2.05, 4.69) is 11.8 Å². The lowest BCUT2D eigenvalue weighted by molar-refractivity contribution is -0.138. The first kappa shape index (κ1) is 15.5. The molecule has 0 radical (unpaired) electrons. The number of nitrogens with zero attached hydrogens (tertiary/aromatic N) is 1. The molecule has 1 aliphatic carbocycles. The van der Waals surface area contributed by atoms with Crippen molar-refractivity contribution < 1.29 is 9.90 Å². The quantitative estimate of drug-likeness (QED) is 0.541. The Balaban J connectivity index is 1.93. The molecule has 0 unspecified atom stereocenters. The lowest BCUT2D eigenvalue weighted by atomic mass is 10.1. The van der Waals surface area contributed by atoms with Gasteiger partial charge in [0.05, 0.1) is 6.54 Å². The minimum atomic E-state index is -0.679. The zero-order valence-electron chi connectivity index (χ0n) is 11.9. The van der Waals surface area contributed by atoms with Crippen LogP contribution in [0.4, 0.5) is 0 Å². The number of carboxylic acids is 1. The number of carbonyl (C=O) groups is 1. The van der Waals surface area contributed by atoms with E-state index < -0.39 is 5.97 Å². The molecule has 1 aliphatic rings. The van der Waals surface area contributed by atoms with Crippen molar-refractivity contribution in [1.29, 1.82) is 0 Å². The van der Waals surface area contributed by atoms with Crippen molar-refractivity contribution in [3.05, 3.63) is 0 Å². The Kier molecular flexibility index (Phi) is 8.06. The van der Waals surface area contributed by atoms with Crippen molar-refractivity contribution in [2.45, 2.75) is 77.2 Å². The van der Waals surface area contributed by atoms with Crippen LogP contribution in [0.15, 0.2) is 0 Å². The van der Waals surface area contributed by atoms with E-state index in [1.54, 1.807) is 0 Å². The molecular weight excluding hydrogens is 226 g/mol. The van der Waals surface area contributed by atoms with Crippen LogP contribution in [0.5, 0.6) is 0 Å². The van der Waals surface area contributed by atoms with Crippen molar-refractivity contribution in [2.75, 3.05) is 13.1 Å². The Bertz CT molecular complexity index is 227. The molecule has 1 fully saturated rings. The Labute approximate surface area is 112 Å². The first-order valence-corrected chi connectivity index (χ1v) is 7.70. The van der Waals surface area contributed by atoms with Gasteiger partial charge in [-0.1, -0.05) is 51.9 Å². The average molecular weight is 255 g/mol. The summed E-state index contributed by atoms with van der Waals surface area (Å²) >= 11 is 0. The van der Waals surface area contributed by atoms with Gasteiger partial charge in [0.1, 0.15) is 0 Å². The maximum atomic E-state index is 10.7. The average Bonchev–Trinajstić information content (AvgIpc) is 3.14. The molecule has 106 valence electrons. The summed E-state index contributed by atoms with van der Waals surface area (Å²) in [4.78, 5) is 12.9. The summed E-state index contributed by atoms with van der Waals surface area (Å²) in [6.07, 6.45) is 12.9. The van der Waals surface area contributed by atoms with Gasteiger partial charge in [0.25, 0.3) is 0 Å². The van der Waals surface area contributed by atoms with Gasteiger partial charge in [-0.25, -0.2) is 0 Å². The fourth-order valence-electron chi connectivity index (χ4n) is 2.45. The lowest BCUT2D eigenvalue weighted by Gasteiger charge is -2.19. The highest BCUT2D eigenvalue weighted by atomic mass is 16.4. The number of aliphatic carboxylic acids is 1. The van der Waals surface area contributed by atoms with Gasteiger partial charge in [-0.3, -0.25) is 9.69 Å². The monoisotopic (exact) mass is 255 g/mol. The smallest absolute Gasteiger partial charge is 0.317 e. The second kappa shape index (κ2) is 9.37. The summed E-state index contributed by atoms with van der Waals surface area (Å²) in [5.41, 5.74) is 0. The molecular formula is C15H29NO2. The van der Waals surface area contributed by atoms with Crippen LogP contribution in [-0.2, 0) is 4.79 Å². The standard InChI is InChI=1S/C15H29NO2/c1-2-3-4-5-6-7-8-9-12-16(13-15(17)18)14-10-11-14/h14H,2-13H2,1H3,(H,17,18). The van der Waals surface area contributed by atoms with Gasteiger partial charge in [0.15, 0.2) is 0 Å². The predicted octanol–water partition coefficient (Wildman–Crippen LogP) is 3.68. The van der Waals surface area contributed by atoms with Gasteiger partial charge in [-0.05, 0) is 25.8 Å². The van der Waals surface area contributed by atoms with Crippen LogP contribution in [0.2, 0.25) is 0 Å². The largest absolute Gasteiger partial charge is 0.480 e. The summed E-state index contributed by atoms with van der Waals surface area (Å²) in [5, 5.41) is 8.84. The van der Waals surface area contributed by atoms with Crippen LogP contribution >= 0.6 is 0 Å². The SMILES string of the molecule is CCCCCCCCCCN(CC(=O)O)C1CC1. The van der Waals surface area contributed by atoms with Crippen LogP contribution in [0.25, 0.3) is 0 Å². The molecule has 3 nitrogen and oxygen atoms in total. The highest BCUT2D eigenvalue weighted by Gasteiger charge is 2.29. The number of hydrogen-bond acceptors (Lipinski definition) is 2. The van der Waals surface area contributed by atoms with Crippen molar-refractivity contribution in [3.8, 4) is 0 Å². The topological polar surface area (TPSA) is 40.5 Å². The Morgan fingerprint density at radius 1 is 1.06 bits per heavy atom. The number of rotatable bonds is 12. The molecule has 1 N–H and O–H groups in total. The molecule has 3 heteroatoms. The van der Waals surface area contributed by atoms with E-state index in [0.717, 1.165) is 13.0 Å². The van der Waals surface area contributed by atoms with Crippen molar-refractivity contribution in [1.82, 2.24) is 4.90 Å². The van der Waals surface area contributed by atoms with E-state index in [9.17, 15) is 4.79 Å². The van der Waals surface area contributed by atoms with E-state index in [-0.39, 0.29) is 6.54 Å². The van der Waals surface area contributed by atoms with Gasteiger partial charge in [0.2, 0.25) is 0 Å². The van der Waals surface area contributed by atoms with Gasteiger partial charge in [0, 0.05) is 6.04 Å². The predicted molar refractivity (Wildman–Crippen MR) is 74.8 cm³/mol. The fraction of sp³-hybridized carbons (Fsp3) is 0.933. The second-order valence-electron chi connectivity index (χ2n) is 5.57. The summed E-state index contributed by atoms with van der Waals surface area (Å²) in [5.74, 6) is -0.679. The first-order valence-electron chi connectivity index (χ1n) is 7.70. The molecule has 0 aromatic rings. The number of unbranched alkanes of at least 4 members (excludes halogenated alkanes) is 7. The van der Waals surface area contributed by atoms with E-state index in [0.29, 0.717) is 6.04 Å². The molecule has 0 atom stereocenters. The summed E-state index contributed by atoms with van der Waals surface area (Å²) in [6, 6.07) is 0.575. The zero-order valence-corrected chi connectivity index (χ0v) is 11.9. The minimum Gasteiger partial charge on any atom is -0.480 e. The molecule has 0 saturated heterocycles. The molecule has 18 heavy (non-hydrogen) atoms. The molecule has 0 aliphatic heterocycles. The Morgan fingerprint density at radius 3 is 2.11 bits per heavy atom. The summed E-state index contributed by atoms with van der Waals surface area (Å²) in [6.45, 7) is 3.46. The molecule has 0 aromatic carbocycles. The third-order valence-corrected chi connectivity index (χ3v) is 3.70. The second-order valence-corrected chi connectivity index (χ2v) is 5.57. The maximum Gasteiger partial charge on any atom is 0.317 e.